The summed E-state index contributed by atoms with van der Waals surface area (Å²) in [7, 11) is 0. The third kappa shape index (κ3) is 10.2. The predicted octanol–water partition coefficient (Wildman–Crippen LogP) is 0.242. The van der Waals surface area contributed by atoms with Crippen LogP contribution in [0.3, 0.4) is 0 Å². The molecule has 0 bridgehead atoms. The molecule has 0 aromatic heterocycles. The lowest BCUT2D eigenvalue weighted by molar-refractivity contribution is -0.143. The van der Waals surface area contributed by atoms with Gasteiger partial charge in [-0.05, 0) is 61.8 Å². The van der Waals surface area contributed by atoms with Crippen molar-refractivity contribution in [2.75, 3.05) is 6.54 Å². The van der Waals surface area contributed by atoms with E-state index in [1.165, 1.54) is 12.1 Å². The number of phenolic OH excluding ortho intramolecular Hbond substituents is 1. The molecular formula is C25H41N5O6. The van der Waals surface area contributed by atoms with Crippen LogP contribution in [0.4, 0.5) is 0 Å². The lowest BCUT2D eigenvalue weighted by atomic mass is 9.99. The number of rotatable bonds is 15. The van der Waals surface area contributed by atoms with Gasteiger partial charge in [-0.1, -0.05) is 39.8 Å². The minimum atomic E-state index is -1.17. The molecule has 4 atom stereocenters. The lowest BCUT2D eigenvalue weighted by Crippen LogP contribution is -2.59. The highest BCUT2D eigenvalue weighted by atomic mass is 16.4. The number of aliphatic carboxylic acids is 1. The van der Waals surface area contributed by atoms with Crippen LogP contribution >= 0.6 is 0 Å². The molecule has 1 rings (SSSR count). The van der Waals surface area contributed by atoms with Gasteiger partial charge in [0.15, 0.2) is 0 Å². The predicted molar refractivity (Wildman–Crippen MR) is 136 cm³/mol. The second-order valence-corrected chi connectivity index (χ2v) is 9.62. The number of hydrogen-bond donors (Lipinski definition) is 7. The fourth-order valence-corrected chi connectivity index (χ4v) is 3.56. The minimum Gasteiger partial charge on any atom is -0.508 e. The summed E-state index contributed by atoms with van der Waals surface area (Å²) >= 11 is 0. The average molecular weight is 508 g/mol. The Kier molecular flexibility index (Phi) is 12.9. The second-order valence-electron chi connectivity index (χ2n) is 9.62. The summed E-state index contributed by atoms with van der Waals surface area (Å²) in [5.74, 6) is -3.46. The van der Waals surface area contributed by atoms with Crippen molar-refractivity contribution in [2.45, 2.75) is 77.5 Å². The zero-order chi connectivity index (χ0) is 27.4. The molecule has 4 unspecified atom stereocenters. The summed E-state index contributed by atoms with van der Waals surface area (Å²) in [4.78, 5) is 50.3. The topological polar surface area (TPSA) is 197 Å². The number of hydrogen-bond acceptors (Lipinski definition) is 7. The number of nitrogens with two attached hydrogens (primary N) is 2. The van der Waals surface area contributed by atoms with Crippen molar-refractivity contribution in [2.24, 2.45) is 23.3 Å². The highest BCUT2D eigenvalue weighted by molar-refractivity contribution is 5.94. The van der Waals surface area contributed by atoms with E-state index in [2.05, 4.69) is 16.0 Å². The van der Waals surface area contributed by atoms with Gasteiger partial charge in [-0.15, -0.1) is 0 Å². The Morgan fingerprint density at radius 1 is 0.833 bits per heavy atom. The molecule has 36 heavy (non-hydrogen) atoms. The summed E-state index contributed by atoms with van der Waals surface area (Å²) in [6, 6.07) is 2.30. The number of benzene rings is 1. The van der Waals surface area contributed by atoms with Crippen LogP contribution in [0, 0.1) is 11.8 Å². The van der Waals surface area contributed by atoms with Crippen LogP contribution in [-0.4, -0.2) is 64.6 Å². The molecule has 11 heteroatoms. The number of nitrogens with one attached hydrogen (secondary N) is 3. The third-order valence-corrected chi connectivity index (χ3v) is 5.79. The fourth-order valence-electron chi connectivity index (χ4n) is 3.56. The number of amides is 3. The van der Waals surface area contributed by atoms with Crippen molar-refractivity contribution in [3.8, 4) is 5.75 Å². The lowest BCUT2D eigenvalue weighted by Gasteiger charge is -2.27. The first kappa shape index (κ1) is 30.9. The monoisotopic (exact) mass is 507 g/mol. The molecule has 11 nitrogen and oxygen atoms in total. The van der Waals surface area contributed by atoms with Gasteiger partial charge in [0, 0.05) is 0 Å². The van der Waals surface area contributed by atoms with Gasteiger partial charge in [0.1, 0.15) is 23.9 Å². The normalized spacial score (nSPS) is 14.6. The molecule has 0 aliphatic heterocycles. The van der Waals surface area contributed by atoms with Crippen LogP contribution in [0.1, 0.15) is 52.5 Å². The van der Waals surface area contributed by atoms with E-state index in [1.807, 2.05) is 0 Å². The summed E-state index contributed by atoms with van der Waals surface area (Å²) in [6.07, 6.45) is 1.64. The average Bonchev–Trinajstić information content (AvgIpc) is 2.80. The van der Waals surface area contributed by atoms with Crippen LogP contribution < -0.4 is 27.4 Å². The van der Waals surface area contributed by atoms with Crippen molar-refractivity contribution in [1.29, 1.82) is 0 Å². The standard InChI is InChI=1S/C25H41N5O6/c1-14(2)20(29-22(32)18(27)13-16-8-10-17(31)11-9-16)24(34)28-19(7-5-6-12-26)23(33)30-21(15(3)4)25(35)36/h8-11,14-15,18-21,31H,5-7,12-13,26-27H2,1-4H3,(H,28,34)(H,29,32)(H,30,33)(H,35,36). The van der Waals surface area contributed by atoms with Gasteiger partial charge in [0.05, 0.1) is 6.04 Å². The van der Waals surface area contributed by atoms with Gasteiger partial charge < -0.3 is 37.6 Å². The maximum absolute atomic E-state index is 13.1. The van der Waals surface area contributed by atoms with E-state index < -0.39 is 47.9 Å². The van der Waals surface area contributed by atoms with Crippen molar-refractivity contribution < 1.29 is 29.4 Å². The molecule has 0 saturated carbocycles. The van der Waals surface area contributed by atoms with Gasteiger partial charge in [0.25, 0.3) is 0 Å². The summed E-state index contributed by atoms with van der Waals surface area (Å²) in [6.45, 7) is 7.26. The number of carboxylic acid groups (broad SMARTS) is 1. The van der Waals surface area contributed by atoms with Crippen LogP contribution in [0.15, 0.2) is 24.3 Å². The Morgan fingerprint density at radius 3 is 1.89 bits per heavy atom. The molecule has 0 aliphatic carbocycles. The fraction of sp³-hybridized carbons (Fsp3) is 0.600. The van der Waals surface area contributed by atoms with Gasteiger partial charge in [-0.25, -0.2) is 4.79 Å². The van der Waals surface area contributed by atoms with Gasteiger partial charge >= 0.3 is 5.97 Å². The van der Waals surface area contributed by atoms with E-state index in [0.29, 0.717) is 19.4 Å². The number of unbranched alkanes of at least 4 members (excludes halogenated alkanes) is 1. The van der Waals surface area contributed by atoms with E-state index in [-0.39, 0.29) is 30.4 Å². The molecule has 0 saturated heterocycles. The van der Waals surface area contributed by atoms with Crippen molar-refractivity contribution >= 4 is 23.7 Å². The molecule has 202 valence electrons. The SMILES string of the molecule is CC(C)C(NC(=O)C(CCCCN)NC(=O)C(NC(=O)C(N)Cc1ccc(O)cc1)C(C)C)C(=O)O. The first-order valence-corrected chi connectivity index (χ1v) is 12.2. The molecule has 0 spiro atoms. The molecule has 1 aromatic rings. The quantitative estimate of drug-likeness (QED) is 0.164. The molecule has 0 heterocycles. The molecule has 0 fully saturated rings. The largest absolute Gasteiger partial charge is 0.508 e. The van der Waals surface area contributed by atoms with E-state index in [1.54, 1.807) is 39.8 Å². The molecule has 0 aliphatic rings. The van der Waals surface area contributed by atoms with Gasteiger partial charge in [-0.3, -0.25) is 14.4 Å². The first-order valence-electron chi connectivity index (χ1n) is 12.2. The molecule has 1 aromatic carbocycles. The van der Waals surface area contributed by atoms with E-state index in [4.69, 9.17) is 11.5 Å². The summed E-state index contributed by atoms with van der Waals surface area (Å²) < 4.78 is 0. The third-order valence-electron chi connectivity index (χ3n) is 5.79. The highest BCUT2D eigenvalue weighted by Crippen LogP contribution is 2.12. The van der Waals surface area contributed by atoms with Crippen LogP contribution in [-0.2, 0) is 25.6 Å². The zero-order valence-electron chi connectivity index (χ0n) is 21.5. The van der Waals surface area contributed by atoms with Crippen molar-refractivity contribution in [3.05, 3.63) is 29.8 Å². The maximum atomic E-state index is 13.1. The number of carbonyl (C=O) groups is 4. The Morgan fingerprint density at radius 2 is 1.39 bits per heavy atom. The highest BCUT2D eigenvalue weighted by Gasteiger charge is 2.32. The molecular weight excluding hydrogens is 466 g/mol. The number of carbonyl (C=O) groups excluding carboxylic acids is 3. The Balaban J connectivity index is 2.92. The summed E-state index contributed by atoms with van der Waals surface area (Å²) in [5, 5.41) is 26.6. The van der Waals surface area contributed by atoms with E-state index in [9.17, 15) is 29.4 Å². The minimum absolute atomic E-state index is 0.0986. The van der Waals surface area contributed by atoms with Gasteiger partial charge in [0.2, 0.25) is 17.7 Å². The van der Waals surface area contributed by atoms with Gasteiger partial charge in [-0.2, -0.15) is 0 Å². The maximum Gasteiger partial charge on any atom is 0.326 e. The van der Waals surface area contributed by atoms with Crippen LogP contribution in [0.2, 0.25) is 0 Å². The summed E-state index contributed by atoms with van der Waals surface area (Å²) in [5.41, 5.74) is 12.3. The Bertz CT molecular complexity index is 874. The van der Waals surface area contributed by atoms with E-state index in [0.717, 1.165) is 5.56 Å². The second kappa shape index (κ2) is 15.0. The molecule has 9 N–H and O–H groups in total. The molecule has 3 amide bonds. The Labute approximate surface area is 212 Å². The number of carboxylic acids is 1. The molecule has 0 radical (unpaired) electrons. The van der Waals surface area contributed by atoms with Crippen molar-refractivity contribution in [3.63, 3.8) is 0 Å². The first-order chi connectivity index (χ1) is 16.9. The van der Waals surface area contributed by atoms with Crippen molar-refractivity contribution in [1.82, 2.24) is 16.0 Å². The van der Waals surface area contributed by atoms with Crippen LogP contribution in [0.25, 0.3) is 0 Å². The van der Waals surface area contributed by atoms with E-state index >= 15 is 0 Å². The number of phenols is 1. The van der Waals surface area contributed by atoms with Crippen LogP contribution in [0.5, 0.6) is 5.75 Å². The Hall–Kier alpha value is -3.18. The zero-order valence-corrected chi connectivity index (χ0v) is 21.5. The number of aromatic hydroxyl groups is 1. The smallest absolute Gasteiger partial charge is 0.326 e.